The molecular formula is C8H14Cl3OTi. The smallest absolute Gasteiger partial charge is 0.147 e. The van der Waals surface area contributed by atoms with E-state index in [2.05, 4.69) is 32.6 Å². The van der Waals surface area contributed by atoms with Crippen molar-refractivity contribution in [2.24, 2.45) is 0 Å². The van der Waals surface area contributed by atoms with Gasteiger partial charge in [-0.3, -0.25) is 0 Å². The number of rotatable bonds is 3. The molecule has 5 heteroatoms. The van der Waals surface area contributed by atoms with Crippen LogP contribution in [0.1, 0.15) is 12.8 Å². The fraction of sp³-hybridized carbons (Fsp3) is 0.500. The Kier molecular flexibility index (Phi) is 16.7. The zero-order valence-corrected chi connectivity index (χ0v) is 11.4. The standard InChI is InChI=1S/C8H11O.3ClH.Ti/c1-9-7-6-8-4-2-3-5-8;;;;/h2,4H,3,6-7H2,1H3;3*1H;. The van der Waals surface area contributed by atoms with Gasteiger partial charge in [0.05, 0.1) is 0 Å². The van der Waals surface area contributed by atoms with E-state index in [1.807, 2.05) is 0 Å². The number of hydrogen-bond acceptors (Lipinski definition) is 1. The van der Waals surface area contributed by atoms with Gasteiger partial charge >= 0.3 is 73.3 Å². The molecule has 0 saturated carbocycles. The molecule has 0 N–H and O–H groups in total. The summed E-state index contributed by atoms with van der Waals surface area (Å²) in [5.41, 5.74) is 1.46. The predicted molar refractivity (Wildman–Crippen MR) is 59.0 cm³/mol. The van der Waals surface area contributed by atoms with Gasteiger partial charge in [0.1, 0.15) is 0 Å². The number of allylic oxidation sites excluding steroid dienone is 3. The summed E-state index contributed by atoms with van der Waals surface area (Å²) in [7, 11) is 1.74. The maximum Gasteiger partial charge on any atom is -0.147 e. The summed E-state index contributed by atoms with van der Waals surface area (Å²) in [6.45, 7) is 0.844. The summed E-state index contributed by atoms with van der Waals surface area (Å²) in [5.74, 6) is 0. The van der Waals surface area contributed by atoms with E-state index in [9.17, 15) is 0 Å². The SMILES string of the molecule is COCCC1=[C]([Ti])CC=C1.Cl.Cl.Cl. The topological polar surface area (TPSA) is 9.23 Å². The molecule has 0 fully saturated rings. The Morgan fingerprint density at radius 1 is 1.38 bits per heavy atom. The van der Waals surface area contributed by atoms with Crippen LogP contribution in [0.4, 0.5) is 0 Å². The van der Waals surface area contributed by atoms with Crippen LogP contribution in [0.3, 0.4) is 0 Å². The van der Waals surface area contributed by atoms with Gasteiger partial charge in [0, 0.05) is 0 Å². The van der Waals surface area contributed by atoms with E-state index in [0.717, 1.165) is 19.4 Å². The van der Waals surface area contributed by atoms with Gasteiger partial charge in [-0.25, -0.2) is 0 Å². The Morgan fingerprint density at radius 2 is 2.00 bits per heavy atom. The first kappa shape index (κ1) is 19.6. The summed E-state index contributed by atoms with van der Waals surface area (Å²) < 4.78 is 6.48. The van der Waals surface area contributed by atoms with Crippen LogP contribution < -0.4 is 0 Å². The molecule has 1 nitrogen and oxygen atoms in total. The number of hydrogen-bond donors (Lipinski definition) is 0. The summed E-state index contributed by atoms with van der Waals surface area (Å²) in [4.78, 5) is 0. The summed E-state index contributed by atoms with van der Waals surface area (Å²) in [6, 6.07) is 0. The van der Waals surface area contributed by atoms with Crippen LogP contribution in [0.2, 0.25) is 0 Å². The van der Waals surface area contributed by atoms with Crippen molar-refractivity contribution in [3.05, 3.63) is 21.6 Å². The molecule has 0 radical (unpaired) electrons. The van der Waals surface area contributed by atoms with Gasteiger partial charge in [-0.2, -0.15) is 0 Å². The fourth-order valence-corrected chi connectivity index (χ4v) is 1.51. The van der Waals surface area contributed by atoms with Crippen molar-refractivity contribution in [2.75, 3.05) is 13.7 Å². The van der Waals surface area contributed by atoms with Crippen molar-refractivity contribution >= 4 is 37.2 Å². The quantitative estimate of drug-likeness (QED) is 0.722. The van der Waals surface area contributed by atoms with Gasteiger partial charge in [0.15, 0.2) is 0 Å². The van der Waals surface area contributed by atoms with Gasteiger partial charge < -0.3 is 0 Å². The van der Waals surface area contributed by atoms with E-state index in [0.29, 0.717) is 0 Å². The second-order valence-corrected chi connectivity index (χ2v) is 3.30. The van der Waals surface area contributed by atoms with Gasteiger partial charge in [-0.15, -0.1) is 37.2 Å². The predicted octanol–water partition coefficient (Wildman–Crippen LogP) is 3.05. The van der Waals surface area contributed by atoms with Crippen LogP contribution in [-0.2, 0) is 25.2 Å². The molecule has 0 aliphatic heterocycles. The Labute approximate surface area is 110 Å². The normalized spacial score (nSPS) is 12.9. The average molecular weight is 280 g/mol. The molecule has 0 aromatic rings. The average Bonchev–Trinajstić information content (AvgIpc) is 2.31. The third-order valence-electron chi connectivity index (χ3n) is 1.60. The molecule has 1 rings (SSSR count). The molecule has 1 aliphatic rings. The molecule has 13 heavy (non-hydrogen) atoms. The minimum absolute atomic E-state index is 0. The van der Waals surface area contributed by atoms with Gasteiger partial charge in [-0.1, -0.05) is 0 Å². The summed E-state index contributed by atoms with van der Waals surface area (Å²) >= 11 is 2.19. The van der Waals surface area contributed by atoms with Crippen LogP contribution in [0, 0.1) is 0 Å². The third kappa shape index (κ3) is 7.01. The van der Waals surface area contributed by atoms with Crippen LogP contribution in [0.5, 0.6) is 0 Å². The first-order chi connectivity index (χ1) is 4.84. The molecule has 0 unspecified atom stereocenters. The van der Waals surface area contributed by atoms with Crippen molar-refractivity contribution in [3.8, 4) is 0 Å². The molecule has 0 spiro atoms. The number of halogens is 3. The Balaban J connectivity index is -0.000000333. The van der Waals surface area contributed by atoms with Crippen molar-refractivity contribution in [1.82, 2.24) is 0 Å². The van der Waals surface area contributed by atoms with Crippen LogP contribution in [0.25, 0.3) is 0 Å². The number of methoxy groups -OCH3 is 1. The Bertz CT molecular complexity index is 180. The summed E-state index contributed by atoms with van der Waals surface area (Å²) in [6.07, 6.45) is 6.62. The van der Waals surface area contributed by atoms with Crippen LogP contribution in [-0.4, -0.2) is 13.7 Å². The third-order valence-corrected chi connectivity index (χ3v) is 2.42. The largest absolute Gasteiger partial charge is 0.147 e. The molecule has 0 aromatic carbocycles. The molecular weight excluding hydrogens is 266 g/mol. The Morgan fingerprint density at radius 3 is 2.38 bits per heavy atom. The minimum atomic E-state index is 0. The zero-order chi connectivity index (χ0) is 7.40. The van der Waals surface area contributed by atoms with E-state index >= 15 is 0 Å². The van der Waals surface area contributed by atoms with Gasteiger partial charge in [-0.05, 0) is 0 Å². The van der Waals surface area contributed by atoms with E-state index in [-0.39, 0.29) is 37.2 Å². The fourth-order valence-electron chi connectivity index (χ4n) is 0.997. The first-order valence-corrected chi connectivity index (χ1v) is 4.22. The van der Waals surface area contributed by atoms with E-state index in [1.54, 1.807) is 7.11 Å². The van der Waals surface area contributed by atoms with Crippen molar-refractivity contribution < 1.29 is 25.2 Å². The maximum absolute atomic E-state index is 4.98. The minimum Gasteiger partial charge on any atom is -0.147 e. The molecule has 1 aliphatic carbocycles. The van der Waals surface area contributed by atoms with E-state index < -0.39 is 0 Å². The molecule has 0 atom stereocenters. The molecule has 0 bridgehead atoms. The van der Waals surface area contributed by atoms with Crippen molar-refractivity contribution in [2.45, 2.75) is 12.8 Å². The molecule has 0 aromatic heterocycles. The molecule has 77 valence electrons. The first-order valence-electron chi connectivity index (χ1n) is 3.43. The Hall–Kier alpha value is 1.02. The van der Waals surface area contributed by atoms with Gasteiger partial charge in [0.25, 0.3) is 0 Å². The molecule has 0 amide bonds. The van der Waals surface area contributed by atoms with Crippen molar-refractivity contribution in [3.63, 3.8) is 0 Å². The maximum atomic E-state index is 4.98. The molecule has 0 heterocycles. The van der Waals surface area contributed by atoms with Crippen molar-refractivity contribution in [1.29, 1.82) is 0 Å². The number of ether oxygens (including phenoxy) is 1. The summed E-state index contributed by atoms with van der Waals surface area (Å²) in [5, 5.41) is 0. The van der Waals surface area contributed by atoms with E-state index in [1.165, 1.54) is 9.45 Å². The van der Waals surface area contributed by atoms with Gasteiger partial charge in [0.2, 0.25) is 0 Å². The van der Waals surface area contributed by atoms with Crippen LogP contribution >= 0.6 is 37.2 Å². The second-order valence-electron chi connectivity index (χ2n) is 2.35. The zero-order valence-electron chi connectivity index (χ0n) is 7.41. The second kappa shape index (κ2) is 11.1. The molecule has 0 saturated heterocycles. The van der Waals surface area contributed by atoms with E-state index in [4.69, 9.17) is 4.74 Å². The monoisotopic (exact) mass is 279 g/mol. The van der Waals surface area contributed by atoms with Crippen LogP contribution in [0.15, 0.2) is 21.6 Å².